The molecule has 0 atom stereocenters. The molecule has 1 aromatic carbocycles. The largest absolute Gasteiger partial charge is 0.494 e. The topological polar surface area (TPSA) is 47.4 Å². The lowest BCUT2D eigenvalue weighted by Crippen LogP contribution is -1.96. The van der Waals surface area contributed by atoms with Gasteiger partial charge in [0.05, 0.1) is 7.11 Å². The van der Waals surface area contributed by atoms with Crippen LogP contribution in [0.4, 0.5) is 5.69 Å². The van der Waals surface area contributed by atoms with Crippen molar-refractivity contribution in [3.8, 4) is 5.75 Å². The molecule has 0 amide bonds. The lowest BCUT2D eigenvalue weighted by molar-refractivity contribution is 0.416. The molecule has 0 radical (unpaired) electrons. The van der Waals surface area contributed by atoms with E-state index in [1.807, 2.05) is 44.3 Å². The van der Waals surface area contributed by atoms with Gasteiger partial charge < -0.3 is 4.74 Å². The minimum Gasteiger partial charge on any atom is -0.494 e. The number of aliphatic imine (C=N–C) groups is 1. The Morgan fingerprint density at radius 1 is 1.26 bits per heavy atom. The number of hydrogen-bond acceptors (Lipinski definition) is 4. The maximum atomic E-state index is 5.30. The summed E-state index contributed by atoms with van der Waals surface area (Å²) in [5, 5.41) is 0. The number of methoxy groups -OCH3 is 1. The van der Waals surface area contributed by atoms with Gasteiger partial charge in [-0.15, -0.1) is 0 Å². The highest BCUT2D eigenvalue weighted by atomic mass is 16.5. The van der Waals surface area contributed by atoms with Gasteiger partial charge >= 0.3 is 0 Å². The van der Waals surface area contributed by atoms with Gasteiger partial charge in [-0.25, -0.2) is 9.97 Å². The van der Waals surface area contributed by atoms with E-state index in [4.69, 9.17) is 4.74 Å². The number of aromatic nitrogens is 2. The second kappa shape index (κ2) is 6.09. The fourth-order valence-corrected chi connectivity index (χ4v) is 1.72. The molecule has 1 heterocycles. The summed E-state index contributed by atoms with van der Waals surface area (Å²) in [6.45, 7) is 3.97. The Hall–Kier alpha value is -2.23. The SMILES string of the molecule is COc1cc(C)ccc1N=CCc1nccc(C)n1. The third kappa shape index (κ3) is 3.61. The molecule has 0 fully saturated rings. The van der Waals surface area contributed by atoms with E-state index in [9.17, 15) is 0 Å². The second-order valence-electron chi connectivity index (χ2n) is 4.31. The van der Waals surface area contributed by atoms with Gasteiger partial charge in [-0.1, -0.05) is 6.07 Å². The highest BCUT2D eigenvalue weighted by Crippen LogP contribution is 2.27. The maximum Gasteiger partial charge on any atom is 0.144 e. The average Bonchev–Trinajstić information content (AvgIpc) is 2.40. The highest BCUT2D eigenvalue weighted by molar-refractivity contribution is 5.68. The minimum atomic E-state index is 0.610. The lowest BCUT2D eigenvalue weighted by atomic mass is 10.2. The van der Waals surface area contributed by atoms with E-state index >= 15 is 0 Å². The predicted molar refractivity (Wildman–Crippen MR) is 76.4 cm³/mol. The molecule has 0 aliphatic carbocycles. The Bertz CT molecular complexity index is 594. The Kier molecular flexibility index (Phi) is 4.23. The van der Waals surface area contributed by atoms with Crippen LogP contribution < -0.4 is 4.74 Å². The van der Waals surface area contributed by atoms with Crippen molar-refractivity contribution in [1.82, 2.24) is 9.97 Å². The van der Waals surface area contributed by atoms with Crippen molar-refractivity contribution in [2.75, 3.05) is 7.11 Å². The summed E-state index contributed by atoms with van der Waals surface area (Å²) < 4.78 is 5.30. The molecule has 1 aromatic heterocycles. The van der Waals surface area contributed by atoms with Gasteiger partial charge in [-0.05, 0) is 37.6 Å². The van der Waals surface area contributed by atoms with Gasteiger partial charge in [0.25, 0.3) is 0 Å². The molecule has 4 nitrogen and oxygen atoms in total. The fourth-order valence-electron chi connectivity index (χ4n) is 1.72. The quantitative estimate of drug-likeness (QED) is 0.789. The third-order valence-corrected chi connectivity index (χ3v) is 2.68. The van der Waals surface area contributed by atoms with Gasteiger partial charge in [0.2, 0.25) is 0 Å². The third-order valence-electron chi connectivity index (χ3n) is 2.68. The molecule has 0 bridgehead atoms. The number of rotatable bonds is 4. The van der Waals surface area contributed by atoms with Gasteiger partial charge in [-0.2, -0.15) is 0 Å². The lowest BCUT2D eigenvalue weighted by Gasteiger charge is -2.04. The summed E-state index contributed by atoms with van der Waals surface area (Å²) in [6.07, 6.45) is 4.18. The van der Waals surface area contributed by atoms with Crippen LogP contribution in [0.5, 0.6) is 5.75 Å². The zero-order valence-electron chi connectivity index (χ0n) is 11.4. The van der Waals surface area contributed by atoms with E-state index < -0.39 is 0 Å². The molecule has 0 aliphatic heterocycles. The monoisotopic (exact) mass is 255 g/mol. The molecular formula is C15H17N3O. The van der Waals surface area contributed by atoms with Crippen molar-refractivity contribution in [3.63, 3.8) is 0 Å². The molecule has 0 unspecified atom stereocenters. The van der Waals surface area contributed by atoms with Crippen LogP contribution in [0.1, 0.15) is 17.1 Å². The van der Waals surface area contributed by atoms with Crippen LogP contribution >= 0.6 is 0 Å². The summed E-state index contributed by atoms with van der Waals surface area (Å²) in [5.41, 5.74) is 2.94. The van der Waals surface area contributed by atoms with Gasteiger partial charge in [-0.3, -0.25) is 4.99 Å². The van der Waals surface area contributed by atoms with E-state index in [2.05, 4.69) is 15.0 Å². The summed E-state index contributed by atoms with van der Waals surface area (Å²) >= 11 is 0. The van der Waals surface area contributed by atoms with Crippen LogP contribution in [0.3, 0.4) is 0 Å². The number of aryl methyl sites for hydroxylation is 2. The van der Waals surface area contributed by atoms with E-state index in [-0.39, 0.29) is 0 Å². The number of ether oxygens (including phenoxy) is 1. The first-order valence-corrected chi connectivity index (χ1v) is 6.15. The molecule has 98 valence electrons. The summed E-state index contributed by atoms with van der Waals surface area (Å²) in [7, 11) is 1.65. The van der Waals surface area contributed by atoms with E-state index in [1.54, 1.807) is 13.3 Å². The van der Waals surface area contributed by atoms with Gasteiger partial charge in [0.1, 0.15) is 17.3 Å². The predicted octanol–water partition coefficient (Wildman–Crippen LogP) is 3.05. The summed E-state index contributed by atoms with van der Waals surface area (Å²) in [6, 6.07) is 7.81. The Balaban J connectivity index is 2.11. The van der Waals surface area contributed by atoms with Crippen molar-refractivity contribution in [2.24, 2.45) is 4.99 Å². The van der Waals surface area contributed by atoms with Crippen molar-refractivity contribution >= 4 is 11.9 Å². The molecular weight excluding hydrogens is 238 g/mol. The first-order valence-electron chi connectivity index (χ1n) is 6.15. The van der Waals surface area contributed by atoms with Crippen LogP contribution in [0.25, 0.3) is 0 Å². The smallest absolute Gasteiger partial charge is 0.144 e. The van der Waals surface area contributed by atoms with Crippen molar-refractivity contribution < 1.29 is 4.74 Å². The molecule has 2 aromatic rings. The van der Waals surface area contributed by atoms with Crippen LogP contribution in [0, 0.1) is 13.8 Å². The highest BCUT2D eigenvalue weighted by Gasteiger charge is 2.00. The van der Waals surface area contributed by atoms with Crippen molar-refractivity contribution in [3.05, 3.63) is 47.5 Å². The van der Waals surface area contributed by atoms with Crippen LogP contribution in [-0.2, 0) is 6.42 Å². The minimum absolute atomic E-state index is 0.610. The van der Waals surface area contributed by atoms with Crippen LogP contribution in [0.15, 0.2) is 35.5 Å². The molecule has 0 spiro atoms. The molecule has 0 saturated heterocycles. The van der Waals surface area contributed by atoms with Crippen LogP contribution in [0.2, 0.25) is 0 Å². The van der Waals surface area contributed by atoms with Crippen molar-refractivity contribution in [2.45, 2.75) is 20.3 Å². The number of hydrogen-bond donors (Lipinski definition) is 0. The zero-order chi connectivity index (χ0) is 13.7. The normalized spacial score (nSPS) is 10.9. The number of nitrogens with zero attached hydrogens (tertiary/aromatic N) is 3. The summed E-state index contributed by atoms with van der Waals surface area (Å²) in [5.74, 6) is 1.55. The number of benzene rings is 1. The molecule has 2 rings (SSSR count). The van der Waals surface area contributed by atoms with Crippen LogP contribution in [-0.4, -0.2) is 23.3 Å². The van der Waals surface area contributed by atoms with E-state index in [1.165, 1.54) is 0 Å². The molecule has 19 heavy (non-hydrogen) atoms. The Morgan fingerprint density at radius 2 is 2.11 bits per heavy atom. The van der Waals surface area contributed by atoms with E-state index in [0.29, 0.717) is 6.42 Å². The zero-order valence-corrected chi connectivity index (χ0v) is 11.4. The Morgan fingerprint density at radius 3 is 2.84 bits per heavy atom. The summed E-state index contributed by atoms with van der Waals surface area (Å²) in [4.78, 5) is 12.9. The standard InChI is InChI=1S/C15H17N3O/c1-11-4-5-13(14(10-11)19-3)16-9-7-15-17-8-6-12(2)18-15/h4-6,8-10H,7H2,1-3H3. The first-order chi connectivity index (χ1) is 9.19. The second-order valence-corrected chi connectivity index (χ2v) is 4.31. The van der Waals surface area contributed by atoms with Gasteiger partial charge in [0.15, 0.2) is 0 Å². The van der Waals surface area contributed by atoms with E-state index in [0.717, 1.165) is 28.5 Å². The molecule has 4 heteroatoms. The average molecular weight is 255 g/mol. The molecule has 0 aliphatic rings. The Labute approximate surface area is 113 Å². The molecule has 0 N–H and O–H groups in total. The fraction of sp³-hybridized carbons (Fsp3) is 0.267. The first kappa shape index (κ1) is 13.2. The maximum absolute atomic E-state index is 5.30. The van der Waals surface area contributed by atoms with Gasteiger partial charge in [0, 0.05) is 24.5 Å². The molecule has 0 saturated carbocycles. The van der Waals surface area contributed by atoms with Crippen molar-refractivity contribution in [1.29, 1.82) is 0 Å².